The Morgan fingerprint density at radius 2 is 2.25 bits per heavy atom. The molecule has 0 aliphatic rings. The van der Waals surface area contributed by atoms with Gasteiger partial charge in [0.05, 0.1) is 12.3 Å². The third-order valence-corrected chi connectivity index (χ3v) is 3.70. The van der Waals surface area contributed by atoms with E-state index in [4.69, 9.17) is 0 Å². The smallest absolute Gasteiger partial charge is 0.191 e. The fourth-order valence-electron chi connectivity index (χ4n) is 1.61. The van der Waals surface area contributed by atoms with E-state index in [1.165, 1.54) is 6.26 Å². The summed E-state index contributed by atoms with van der Waals surface area (Å²) in [6, 6.07) is 1.92. The number of rotatable bonds is 7. The minimum atomic E-state index is -2.92. The van der Waals surface area contributed by atoms with Crippen LogP contribution in [0.4, 0.5) is 0 Å². The summed E-state index contributed by atoms with van der Waals surface area (Å²) in [6.45, 7) is 3.37. The van der Waals surface area contributed by atoms with Gasteiger partial charge in [0.25, 0.3) is 0 Å². The fourth-order valence-corrected chi connectivity index (χ4v) is 2.39. The summed E-state index contributed by atoms with van der Waals surface area (Å²) >= 11 is 0. The first-order valence-electron chi connectivity index (χ1n) is 6.53. The van der Waals surface area contributed by atoms with Crippen molar-refractivity contribution in [2.24, 2.45) is 4.99 Å². The van der Waals surface area contributed by atoms with Crippen LogP contribution in [-0.4, -0.2) is 55.8 Å². The Kier molecular flexibility index (Phi) is 6.50. The lowest BCUT2D eigenvalue weighted by molar-refractivity contribution is 0.571. The zero-order chi connectivity index (χ0) is 15.0. The van der Waals surface area contributed by atoms with Crippen LogP contribution in [-0.2, 0) is 16.4 Å². The largest absolute Gasteiger partial charge is 0.355 e. The molecular weight excluding hydrogens is 278 g/mol. The van der Waals surface area contributed by atoms with Crippen LogP contribution in [0.2, 0.25) is 0 Å². The normalized spacial score (nSPS) is 14.1. The predicted molar refractivity (Wildman–Crippen MR) is 80.5 cm³/mol. The molecule has 0 fully saturated rings. The predicted octanol–water partition coefficient (Wildman–Crippen LogP) is -0.129. The van der Waals surface area contributed by atoms with E-state index in [0.29, 0.717) is 18.9 Å². The first-order chi connectivity index (χ1) is 9.40. The molecule has 1 rings (SSSR count). The second kappa shape index (κ2) is 7.88. The van der Waals surface area contributed by atoms with E-state index in [2.05, 4.69) is 20.7 Å². The first-order valence-corrected chi connectivity index (χ1v) is 8.59. The molecule has 2 N–H and O–H groups in total. The average Bonchev–Trinajstić information content (AvgIpc) is 2.87. The van der Waals surface area contributed by atoms with Crippen molar-refractivity contribution in [2.45, 2.75) is 25.9 Å². The summed E-state index contributed by atoms with van der Waals surface area (Å²) in [4.78, 5) is 4.11. The van der Waals surface area contributed by atoms with E-state index in [9.17, 15) is 8.42 Å². The average molecular weight is 301 g/mol. The van der Waals surface area contributed by atoms with Gasteiger partial charge in [-0.1, -0.05) is 0 Å². The number of nitrogens with zero attached hydrogens (tertiary/aromatic N) is 3. The summed E-state index contributed by atoms with van der Waals surface area (Å²) in [7, 11) is -1.23. The Morgan fingerprint density at radius 3 is 2.80 bits per heavy atom. The molecule has 1 aromatic rings. The van der Waals surface area contributed by atoms with Gasteiger partial charge in [-0.15, -0.1) is 0 Å². The van der Waals surface area contributed by atoms with Crippen molar-refractivity contribution in [3.8, 4) is 0 Å². The maximum Gasteiger partial charge on any atom is 0.191 e. The standard InChI is InChI=1S/C12H23N5O2S/c1-11(5-10-20(3,18)19)16-12(13-2)14-7-9-17-8-4-6-15-17/h4,6,8,11H,5,7,9-10H2,1-3H3,(H2,13,14,16). The molecule has 0 spiro atoms. The summed E-state index contributed by atoms with van der Waals surface area (Å²) < 4.78 is 24.0. The Morgan fingerprint density at radius 1 is 1.50 bits per heavy atom. The molecular formula is C12H23N5O2S. The van der Waals surface area contributed by atoms with E-state index >= 15 is 0 Å². The highest BCUT2D eigenvalue weighted by molar-refractivity contribution is 7.90. The third-order valence-electron chi connectivity index (χ3n) is 2.72. The van der Waals surface area contributed by atoms with Gasteiger partial charge in [-0.2, -0.15) is 5.10 Å². The molecule has 0 radical (unpaired) electrons. The lowest BCUT2D eigenvalue weighted by Crippen LogP contribution is -2.43. The van der Waals surface area contributed by atoms with Gasteiger partial charge < -0.3 is 10.6 Å². The Balaban J connectivity index is 2.28. The molecule has 0 aliphatic heterocycles. The number of hydrogen-bond acceptors (Lipinski definition) is 4. The number of aliphatic imine (C=N–C) groups is 1. The minimum Gasteiger partial charge on any atom is -0.355 e. The van der Waals surface area contributed by atoms with Gasteiger partial charge >= 0.3 is 0 Å². The molecule has 0 amide bonds. The Hall–Kier alpha value is -1.57. The van der Waals surface area contributed by atoms with Crippen LogP contribution >= 0.6 is 0 Å². The Labute approximate surface area is 120 Å². The topological polar surface area (TPSA) is 88.4 Å². The SMILES string of the molecule is CN=C(NCCn1cccn1)NC(C)CCS(C)(=O)=O. The van der Waals surface area contributed by atoms with E-state index in [1.54, 1.807) is 13.2 Å². The molecule has 1 unspecified atom stereocenters. The number of sulfone groups is 1. The van der Waals surface area contributed by atoms with Crippen molar-refractivity contribution < 1.29 is 8.42 Å². The van der Waals surface area contributed by atoms with Crippen LogP contribution in [0.25, 0.3) is 0 Å². The summed E-state index contributed by atoms with van der Waals surface area (Å²) in [5.41, 5.74) is 0. The van der Waals surface area contributed by atoms with E-state index in [-0.39, 0.29) is 11.8 Å². The molecule has 7 nitrogen and oxygen atoms in total. The molecule has 1 atom stereocenters. The van der Waals surface area contributed by atoms with Gasteiger partial charge in [-0.25, -0.2) is 8.42 Å². The lowest BCUT2D eigenvalue weighted by Gasteiger charge is -2.17. The second-order valence-corrected chi connectivity index (χ2v) is 6.99. The quantitative estimate of drug-likeness (QED) is 0.541. The van der Waals surface area contributed by atoms with Crippen LogP contribution in [0.3, 0.4) is 0 Å². The van der Waals surface area contributed by atoms with Crippen LogP contribution in [0, 0.1) is 0 Å². The number of aromatic nitrogens is 2. The monoisotopic (exact) mass is 301 g/mol. The molecule has 1 heterocycles. The molecule has 0 saturated heterocycles. The van der Waals surface area contributed by atoms with Crippen LogP contribution in [0.1, 0.15) is 13.3 Å². The zero-order valence-electron chi connectivity index (χ0n) is 12.2. The molecule has 0 bridgehead atoms. The van der Waals surface area contributed by atoms with Crippen molar-refractivity contribution in [2.75, 3.05) is 25.6 Å². The summed E-state index contributed by atoms with van der Waals surface area (Å²) in [5, 5.41) is 10.4. The van der Waals surface area contributed by atoms with Gasteiger partial charge in [-0.05, 0) is 19.4 Å². The molecule has 0 aliphatic carbocycles. The molecule has 0 aromatic carbocycles. The number of hydrogen-bond donors (Lipinski definition) is 2. The van der Waals surface area contributed by atoms with E-state index in [0.717, 1.165) is 6.54 Å². The van der Waals surface area contributed by atoms with Crippen molar-refractivity contribution in [1.29, 1.82) is 0 Å². The van der Waals surface area contributed by atoms with Crippen molar-refractivity contribution in [1.82, 2.24) is 20.4 Å². The van der Waals surface area contributed by atoms with Gasteiger partial charge in [0.15, 0.2) is 5.96 Å². The summed E-state index contributed by atoms with van der Waals surface area (Å²) in [5.74, 6) is 0.837. The van der Waals surface area contributed by atoms with Gasteiger partial charge in [0.1, 0.15) is 9.84 Å². The highest BCUT2D eigenvalue weighted by Crippen LogP contribution is 1.95. The van der Waals surface area contributed by atoms with Crippen LogP contribution in [0.15, 0.2) is 23.5 Å². The van der Waals surface area contributed by atoms with E-state index in [1.807, 2.05) is 23.9 Å². The second-order valence-electron chi connectivity index (χ2n) is 4.73. The Bertz CT molecular complexity index is 510. The zero-order valence-corrected chi connectivity index (χ0v) is 13.0. The van der Waals surface area contributed by atoms with Crippen LogP contribution in [0.5, 0.6) is 0 Å². The third kappa shape index (κ3) is 7.13. The van der Waals surface area contributed by atoms with Crippen LogP contribution < -0.4 is 10.6 Å². The van der Waals surface area contributed by atoms with Crippen molar-refractivity contribution in [3.63, 3.8) is 0 Å². The molecule has 114 valence electrons. The molecule has 1 aromatic heterocycles. The summed E-state index contributed by atoms with van der Waals surface area (Å²) in [6.07, 6.45) is 5.43. The van der Waals surface area contributed by atoms with Gasteiger partial charge in [-0.3, -0.25) is 9.67 Å². The van der Waals surface area contributed by atoms with Crippen molar-refractivity contribution >= 4 is 15.8 Å². The highest BCUT2D eigenvalue weighted by atomic mass is 32.2. The highest BCUT2D eigenvalue weighted by Gasteiger charge is 2.09. The lowest BCUT2D eigenvalue weighted by atomic mass is 10.3. The van der Waals surface area contributed by atoms with Gasteiger partial charge in [0, 0.05) is 38.3 Å². The van der Waals surface area contributed by atoms with Crippen molar-refractivity contribution in [3.05, 3.63) is 18.5 Å². The molecule has 0 saturated carbocycles. The molecule has 20 heavy (non-hydrogen) atoms. The van der Waals surface area contributed by atoms with E-state index < -0.39 is 9.84 Å². The maximum absolute atomic E-state index is 11.1. The number of guanidine groups is 1. The minimum absolute atomic E-state index is 0.0422. The molecule has 8 heteroatoms. The van der Waals surface area contributed by atoms with Gasteiger partial charge in [0.2, 0.25) is 0 Å². The number of nitrogens with one attached hydrogen (secondary N) is 2. The fraction of sp³-hybridized carbons (Fsp3) is 0.667. The maximum atomic E-state index is 11.1. The first kappa shape index (κ1) is 16.5.